The number of rotatable bonds is 4. The molecule has 168 valence electrons. The molecule has 0 bridgehead atoms. The average Bonchev–Trinajstić information content (AvgIpc) is 3.27. The number of benzene rings is 1. The molecule has 2 aliphatic heterocycles. The van der Waals surface area contributed by atoms with Gasteiger partial charge >= 0.3 is 0 Å². The molecule has 3 aromatic rings. The van der Waals surface area contributed by atoms with Crippen LogP contribution in [0.15, 0.2) is 47.7 Å². The molecule has 4 heterocycles. The van der Waals surface area contributed by atoms with Crippen LogP contribution in [0, 0.1) is 5.92 Å². The fourth-order valence-corrected chi connectivity index (χ4v) is 4.64. The maximum absolute atomic E-state index is 13.1. The van der Waals surface area contributed by atoms with E-state index >= 15 is 0 Å². The van der Waals surface area contributed by atoms with Crippen molar-refractivity contribution in [3.05, 3.63) is 53.2 Å². The number of hydrogen-bond acceptors (Lipinski definition) is 6. The van der Waals surface area contributed by atoms with Crippen LogP contribution in [0.1, 0.15) is 25.7 Å². The number of ether oxygens (including phenoxy) is 1. The Hall–Kier alpha value is -3.04. The quantitative estimate of drug-likeness (QED) is 0.661. The first-order valence-corrected chi connectivity index (χ1v) is 11.1. The van der Waals surface area contributed by atoms with Crippen LogP contribution < -0.4 is 5.56 Å². The third-order valence-electron chi connectivity index (χ3n) is 6.60. The van der Waals surface area contributed by atoms with E-state index in [2.05, 4.69) is 10.1 Å². The Balaban J connectivity index is 1.30. The second-order valence-corrected chi connectivity index (χ2v) is 8.74. The van der Waals surface area contributed by atoms with E-state index in [4.69, 9.17) is 4.74 Å². The SMILES string of the molecule is O=C(C1CCOCC1)N1CCC(O)(Cn2cnc3c(cnn3-c3ccccc3)c2=O)CC1. The van der Waals surface area contributed by atoms with E-state index in [1.807, 2.05) is 35.2 Å². The first-order chi connectivity index (χ1) is 15.5. The first-order valence-electron chi connectivity index (χ1n) is 11.1. The third kappa shape index (κ3) is 3.93. The predicted octanol–water partition coefficient (Wildman–Crippen LogP) is 1.36. The van der Waals surface area contributed by atoms with Crippen LogP contribution in [0.25, 0.3) is 16.7 Å². The highest BCUT2D eigenvalue weighted by Gasteiger charge is 2.36. The van der Waals surface area contributed by atoms with Crippen LogP contribution in [0.5, 0.6) is 0 Å². The van der Waals surface area contributed by atoms with Crippen molar-refractivity contribution in [1.82, 2.24) is 24.2 Å². The number of hydrogen-bond donors (Lipinski definition) is 1. The van der Waals surface area contributed by atoms with Crippen molar-refractivity contribution in [3.63, 3.8) is 0 Å². The van der Waals surface area contributed by atoms with Gasteiger partial charge in [-0.1, -0.05) is 18.2 Å². The van der Waals surface area contributed by atoms with Crippen molar-refractivity contribution < 1.29 is 14.6 Å². The predicted molar refractivity (Wildman–Crippen MR) is 117 cm³/mol. The molecule has 0 radical (unpaired) electrons. The van der Waals surface area contributed by atoms with Crippen LogP contribution >= 0.6 is 0 Å². The molecule has 0 saturated carbocycles. The van der Waals surface area contributed by atoms with E-state index in [-0.39, 0.29) is 23.9 Å². The van der Waals surface area contributed by atoms with Gasteiger partial charge in [-0.2, -0.15) is 5.10 Å². The average molecular weight is 438 g/mol. The fraction of sp³-hybridized carbons (Fsp3) is 0.478. The number of para-hydroxylation sites is 1. The van der Waals surface area contributed by atoms with E-state index in [0.29, 0.717) is 50.2 Å². The maximum Gasteiger partial charge on any atom is 0.264 e. The molecule has 2 aliphatic rings. The van der Waals surface area contributed by atoms with Crippen molar-refractivity contribution in [3.8, 4) is 5.69 Å². The third-order valence-corrected chi connectivity index (χ3v) is 6.60. The van der Waals surface area contributed by atoms with Crippen LogP contribution in [0.3, 0.4) is 0 Å². The molecule has 0 aliphatic carbocycles. The largest absolute Gasteiger partial charge is 0.388 e. The summed E-state index contributed by atoms with van der Waals surface area (Å²) < 4.78 is 8.44. The number of fused-ring (bicyclic) bond motifs is 1. The Morgan fingerprint density at radius 3 is 2.59 bits per heavy atom. The van der Waals surface area contributed by atoms with Crippen LogP contribution in [-0.4, -0.2) is 67.1 Å². The Labute approximate surface area is 185 Å². The topological polar surface area (TPSA) is 102 Å². The molecule has 9 nitrogen and oxygen atoms in total. The highest BCUT2D eigenvalue weighted by Crippen LogP contribution is 2.27. The lowest BCUT2D eigenvalue weighted by Gasteiger charge is -2.40. The number of amides is 1. The number of nitrogens with zero attached hydrogens (tertiary/aromatic N) is 5. The summed E-state index contributed by atoms with van der Waals surface area (Å²) in [5.74, 6) is 0.175. The lowest BCUT2D eigenvalue weighted by Crippen LogP contribution is -2.51. The molecular formula is C23H27N5O4. The monoisotopic (exact) mass is 437 g/mol. The number of piperidine rings is 1. The summed E-state index contributed by atoms with van der Waals surface area (Å²) in [6.07, 6.45) is 5.37. The van der Waals surface area contributed by atoms with Crippen molar-refractivity contribution in [2.75, 3.05) is 26.3 Å². The van der Waals surface area contributed by atoms with Gasteiger partial charge in [0.05, 0.1) is 24.0 Å². The number of carbonyl (C=O) groups excluding carboxylic acids is 1. The maximum atomic E-state index is 13.1. The number of likely N-dealkylation sites (tertiary alicyclic amines) is 1. The molecule has 2 aromatic heterocycles. The summed E-state index contributed by atoms with van der Waals surface area (Å²) >= 11 is 0. The lowest BCUT2D eigenvalue weighted by molar-refractivity contribution is -0.143. The molecule has 1 aromatic carbocycles. The standard InChI is InChI=1S/C23H27N5O4/c29-21(17-6-12-32-13-7-17)26-10-8-23(31,9-11-26)15-27-16-24-20-19(22(27)30)14-25-28(20)18-4-2-1-3-5-18/h1-5,14,16-17,31H,6-13,15H2. The van der Waals surface area contributed by atoms with Crippen molar-refractivity contribution in [2.24, 2.45) is 5.92 Å². The van der Waals surface area contributed by atoms with E-state index in [1.165, 1.54) is 17.1 Å². The van der Waals surface area contributed by atoms with E-state index < -0.39 is 5.60 Å². The van der Waals surface area contributed by atoms with Gasteiger partial charge in [-0.15, -0.1) is 0 Å². The van der Waals surface area contributed by atoms with Crippen LogP contribution in [0.2, 0.25) is 0 Å². The minimum Gasteiger partial charge on any atom is -0.388 e. The van der Waals surface area contributed by atoms with Crippen LogP contribution in [-0.2, 0) is 16.1 Å². The van der Waals surface area contributed by atoms with Gasteiger partial charge in [-0.3, -0.25) is 14.2 Å². The lowest BCUT2D eigenvalue weighted by atomic mass is 9.89. The summed E-state index contributed by atoms with van der Waals surface area (Å²) in [5, 5.41) is 15.9. The van der Waals surface area contributed by atoms with Gasteiger partial charge in [0.1, 0.15) is 11.7 Å². The molecule has 1 amide bonds. The van der Waals surface area contributed by atoms with E-state index in [0.717, 1.165) is 18.5 Å². The second kappa shape index (κ2) is 8.48. The van der Waals surface area contributed by atoms with Gasteiger partial charge in [0.15, 0.2) is 5.65 Å². The molecule has 32 heavy (non-hydrogen) atoms. The van der Waals surface area contributed by atoms with Gasteiger partial charge in [-0.05, 0) is 37.8 Å². The zero-order valence-corrected chi connectivity index (χ0v) is 17.9. The highest BCUT2D eigenvalue weighted by molar-refractivity contribution is 5.79. The Bertz CT molecular complexity index is 1160. The minimum atomic E-state index is -1.05. The summed E-state index contributed by atoms with van der Waals surface area (Å²) in [6.45, 7) is 2.39. The van der Waals surface area contributed by atoms with Crippen molar-refractivity contribution in [2.45, 2.75) is 37.8 Å². The smallest absolute Gasteiger partial charge is 0.264 e. The minimum absolute atomic E-state index is 0.0188. The van der Waals surface area contributed by atoms with Gasteiger partial charge in [0.2, 0.25) is 5.91 Å². The van der Waals surface area contributed by atoms with Gasteiger partial charge in [-0.25, -0.2) is 9.67 Å². The van der Waals surface area contributed by atoms with Gasteiger partial charge in [0.25, 0.3) is 5.56 Å². The van der Waals surface area contributed by atoms with E-state index in [1.54, 1.807) is 4.68 Å². The van der Waals surface area contributed by atoms with Gasteiger partial charge < -0.3 is 14.7 Å². The molecule has 0 atom stereocenters. The molecule has 0 spiro atoms. The molecule has 9 heteroatoms. The van der Waals surface area contributed by atoms with Crippen molar-refractivity contribution >= 4 is 16.9 Å². The van der Waals surface area contributed by atoms with Gasteiger partial charge in [0, 0.05) is 32.2 Å². The summed E-state index contributed by atoms with van der Waals surface area (Å²) in [7, 11) is 0. The summed E-state index contributed by atoms with van der Waals surface area (Å²) in [6, 6.07) is 9.52. The number of carbonyl (C=O) groups is 1. The summed E-state index contributed by atoms with van der Waals surface area (Å²) in [5.41, 5.74) is 0.0288. The first kappa shape index (κ1) is 20.8. The van der Waals surface area contributed by atoms with Crippen LogP contribution in [0.4, 0.5) is 0 Å². The normalized spacial score (nSPS) is 19.3. The molecule has 2 saturated heterocycles. The highest BCUT2D eigenvalue weighted by atomic mass is 16.5. The molecule has 5 rings (SSSR count). The molecule has 0 unspecified atom stereocenters. The Kier molecular flexibility index (Phi) is 5.52. The molecule has 1 N–H and O–H groups in total. The Morgan fingerprint density at radius 2 is 1.88 bits per heavy atom. The fourth-order valence-electron chi connectivity index (χ4n) is 4.64. The molecule has 2 fully saturated rings. The summed E-state index contributed by atoms with van der Waals surface area (Å²) in [4.78, 5) is 32.1. The zero-order chi connectivity index (χ0) is 22.1. The van der Waals surface area contributed by atoms with E-state index in [9.17, 15) is 14.7 Å². The Morgan fingerprint density at radius 1 is 1.16 bits per heavy atom. The zero-order valence-electron chi connectivity index (χ0n) is 17.9. The number of aromatic nitrogens is 4. The molecular weight excluding hydrogens is 410 g/mol. The number of aliphatic hydroxyl groups is 1. The van der Waals surface area contributed by atoms with Crippen molar-refractivity contribution in [1.29, 1.82) is 0 Å². The second-order valence-electron chi connectivity index (χ2n) is 8.74.